The molecule has 1 aromatic carbocycles. The Balaban J connectivity index is 1.98. The molecule has 0 saturated heterocycles. The first kappa shape index (κ1) is 12.5. The number of nitrogens with zero attached hydrogens (tertiary/aromatic N) is 1. The molecular formula is C16H14BrNO. The van der Waals surface area contributed by atoms with Crippen LogP contribution in [0.3, 0.4) is 0 Å². The van der Waals surface area contributed by atoms with Gasteiger partial charge in [0.05, 0.1) is 11.6 Å². The van der Waals surface area contributed by atoms with Crippen molar-refractivity contribution in [1.82, 2.24) is 4.98 Å². The van der Waals surface area contributed by atoms with Crippen molar-refractivity contribution in [3.8, 4) is 0 Å². The number of carbonyl (C=O) groups is 1. The van der Waals surface area contributed by atoms with Gasteiger partial charge in [-0.1, -0.05) is 28.1 Å². The van der Waals surface area contributed by atoms with Gasteiger partial charge in [0.25, 0.3) is 0 Å². The minimum Gasteiger partial charge on any atom is -0.293 e. The van der Waals surface area contributed by atoms with Crippen molar-refractivity contribution in [2.24, 2.45) is 0 Å². The van der Waals surface area contributed by atoms with Gasteiger partial charge in [-0.25, -0.2) is 0 Å². The van der Waals surface area contributed by atoms with Gasteiger partial charge in [0.1, 0.15) is 0 Å². The summed E-state index contributed by atoms with van der Waals surface area (Å²) in [5, 5.41) is 0. The summed E-state index contributed by atoms with van der Waals surface area (Å²) in [7, 11) is 0. The van der Waals surface area contributed by atoms with Crippen LogP contribution in [0.15, 0.2) is 41.0 Å². The van der Waals surface area contributed by atoms with Gasteiger partial charge in [-0.3, -0.25) is 9.78 Å². The molecule has 0 saturated carbocycles. The van der Waals surface area contributed by atoms with E-state index in [9.17, 15) is 4.79 Å². The fourth-order valence-electron chi connectivity index (χ4n) is 2.68. The molecule has 0 N–H and O–H groups in total. The van der Waals surface area contributed by atoms with E-state index in [4.69, 9.17) is 0 Å². The van der Waals surface area contributed by atoms with Crippen LogP contribution in [0.4, 0.5) is 0 Å². The summed E-state index contributed by atoms with van der Waals surface area (Å²) in [4.78, 5) is 17.1. The minimum absolute atomic E-state index is 0.0878. The molecule has 2 aromatic rings. The van der Waals surface area contributed by atoms with Crippen molar-refractivity contribution >= 4 is 21.7 Å². The highest BCUT2D eigenvalue weighted by Crippen LogP contribution is 2.35. The third-order valence-corrected chi connectivity index (χ3v) is 4.32. The SMILES string of the molecule is Cc1ccc(C(=O)C2CCc3cccnc32)c(Br)c1. The Kier molecular flexibility index (Phi) is 3.23. The van der Waals surface area contributed by atoms with E-state index in [2.05, 4.69) is 27.0 Å². The van der Waals surface area contributed by atoms with Crippen molar-refractivity contribution in [3.05, 3.63) is 63.4 Å². The van der Waals surface area contributed by atoms with Crippen LogP contribution >= 0.6 is 15.9 Å². The van der Waals surface area contributed by atoms with Crippen LogP contribution in [-0.4, -0.2) is 10.8 Å². The number of hydrogen-bond acceptors (Lipinski definition) is 2. The molecule has 1 aliphatic carbocycles. The van der Waals surface area contributed by atoms with E-state index in [1.807, 2.05) is 31.2 Å². The van der Waals surface area contributed by atoms with Crippen LogP contribution in [0, 0.1) is 6.92 Å². The quantitative estimate of drug-likeness (QED) is 0.782. The van der Waals surface area contributed by atoms with Gasteiger partial charge in [-0.05, 0) is 49.1 Å². The Morgan fingerprint density at radius 3 is 3.00 bits per heavy atom. The normalized spacial score (nSPS) is 17.3. The monoisotopic (exact) mass is 315 g/mol. The number of pyridine rings is 1. The third kappa shape index (κ3) is 2.23. The second-order valence-corrected chi connectivity index (χ2v) is 5.84. The van der Waals surface area contributed by atoms with Gasteiger partial charge in [0, 0.05) is 16.2 Å². The van der Waals surface area contributed by atoms with E-state index in [0.717, 1.165) is 34.1 Å². The molecule has 2 nitrogen and oxygen atoms in total. The predicted molar refractivity (Wildman–Crippen MR) is 78.5 cm³/mol. The Labute approximate surface area is 121 Å². The van der Waals surface area contributed by atoms with Crippen LogP contribution < -0.4 is 0 Å². The lowest BCUT2D eigenvalue weighted by molar-refractivity contribution is 0.0957. The lowest BCUT2D eigenvalue weighted by Crippen LogP contribution is -2.12. The van der Waals surface area contributed by atoms with Crippen LogP contribution in [-0.2, 0) is 6.42 Å². The first-order valence-electron chi connectivity index (χ1n) is 6.41. The molecule has 1 aromatic heterocycles. The van der Waals surface area contributed by atoms with Gasteiger partial charge >= 0.3 is 0 Å². The predicted octanol–water partition coefficient (Wildman–Crippen LogP) is 4.07. The molecule has 1 aliphatic rings. The van der Waals surface area contributed by atoms with Crippen LogP contribution in [0.5, 0.6) is 0 Å². The highest BCUT2D eigenvalue weighted by Gasteiger charge is 2.31. The summed E-state index contributed by atoms with van der Waals surface area (Å²) in [6.07, 6.45) is 3.59. The minimum atomic E-state index is -0.0878. The number of carbonyl (C=O) groups excluding carboxylic acids is 1. The number of benzene rings is 1. The Morgan fingerprint density at radius 1 is 1.37 bits per heavy atom. The standard InChI is InChI=1S/C16H14BrNO/c1-10-4-6-12(14(17)9-10)16(19)13-7-5-11-3-2-8-18-15(11)13/h2-4,6,8-9,13H,5,7H2,1H3. The van der Waals surface area contributed by atoms with Crippen LogP contribution in [0.25, 0.3) is 0 Å². The fraction of sp³-hybridized carbons (Fsp3) is 0.250. The number of rotatable bonds is 2. The van der Waals surface area contributed by atoms with Crippen molar-refractivity contribution in [2.45, 2.75) is 25.7 Å². The van der Waals surface area contributed by atoms with E-state index < -0.39 is 0 Å². The zero-order valence-electron chi connectivity index (χ0n) is 10.7. The van der Waals surface area contributed by atoms with E-state index in [1.54, 1.807) is 6.20 Å². The smallest absolute Gasteiger partial charge is 0.173 e. The molecular weight excluding hydrogens is 302 g/mol. The van der Waals surface area contributed by atoms with E-state index in [1.165, 1.54) is 5.56 Å². The topological polar surface area (TPSA) is 30.0 Å². The van der Waals surface area contributed by atoms with Gasteiger partial charge in [-0.15, -0.1) is 0 Å². The van der Waals surface area contributed by atoms with Gasteiger partial charge < -0.3 is 0 Å². The van der Waals surface area contributed by atoms with Gasteiger partial charge in [0.2, 0.25) is 0 Å². The maximum atomic E-state index is 12.7. The molecule has 1 unspecified atom stereocenters. The number of halogens is 1. The largest absolute Gasteiger partial charge is 0.293 e. The average molecular weight is 316 g/mol. The third-order valence-electron chi connectivity index (χ3n) is 3.67. The fourth-order valence-corrected chi connectivity index (χ4v) is 3.36. The number of aryl methyl sites for hydroxylation is 2. The lowest BCUT2D eigenvalue weighted by atomic mass is 9.95. The molecule has 1 heterocycles. The Morgan fingerprint density at radius 2 is 2.21 bits per heavy atom. The molecule has 0 bridgehead atoms. The summed E-state index contributed by atoms with van der Waals surface area (Å²) < 4.78 is 0.877. The van der Waals surface area contributed by atoms with Crippen molar-refractivity contribution in [3.63, 3.8) is 0 Å². The van der Waals surface area contributed by atoms with Crippen LogP contribution in [0.1, 0.15) is 39.5 Å². The molecule has 0 amide bonds. The lowest BCUT2D eigenvalue weighted by Gasteiger charge is -2.11. The summed E-state index contributed by atoms with van der Waals surface area (Å²) in [6, 6.07) is 9.88. The summed E-state index contributed by atoms with van der Waals surface area (Å²) >= 11 is 3.49. The molecule has 19 heavy (non-hydrogen) atoms. The second kappa shape index (κ2) is 4.89. The summed E-state index contributed by atoms with van der Waals surface area (Å²) in [5.41, 5.74) is 4.08. The molecule has 3 rings (SSSR count). The molecule has 96 valence electrons. The Hall–Kier alpha value is -1.48. The van der Waals surface area contributed by atoms with Crippen molar-refractivity contribution in [1.29, 1.82) is 0 Å². The summed E-state index contributed by atoms with van der Waals surface area (Å²) in [6.45, 7) is 2.02. The zero-order chi connectivity index (χ0) is 13.4. The second-order valence-electron chi connectivity index (χ2n) is 4.99. The summed E-state index contributed by atoms with van der Waals surface area (Å²) in [5.74, 6) is 0.0829. The van der Waals surface area contributed by atoms with E-state index in [-0.39, 0.29) is 11.7 Å². The molecule has 0 spiro atoms. The molecule has 0 radical (unpaired) electrons. The first-order chi connectivity index (χ1) is 9.16. The number of hydrogen-bond donors (Lipinski definition) is 0. The highest BCUT2D eigenvalue weighted by atomic mass is 79.9. The number of Topliss-reactive ketones (excluding diaryl/α,β-unsaturated/α-hetero) is 1. The molecule has 0 fully saturated rings. The maximum Gasteiger partial charge on any atom is 0.173 e. The number of ketones is 1. The van der Waals surface area contributed by atoms with Crippen LogP contribution in [0.2, 0.25) is 0 Å². The number of fused-ring (bicyclic) bond motifs is 1. The Bertz CT molecular complexity index is 651. The van der Waals surface area contributed by atoms with E-state index in [0.29, 0.717) is 0 Å². The van der Waals surface area contributed by atoms with Gasteiger partial charge in [0.15, 0.2) is 5.78 Å². The number of aromatic nitrogens is 1. The molecule has 1 atom stereocenters. The molecule has 0 aliphatic heterocycles. The average Bonchev–Trinajstić information content (AvgIpc) is 2.82. The van der Waals surface area contributed by atoms with Crippen molar-refractivity contribution < 1.29 is 4.79 Å². The highest BCUT2D eigenvalue weighted by molar-refractivity contribution is 9.10. The van der Waals surface area contributed by atoms with Gasteiger partial charge in [-0.2, -0.15) is 0 Å². The molecule has 3 heteroatoms. The first-order valence-corrected chi connectivity index (χ1v) is 7.20. The van der Waals surface area contributed by atoms with Crippen molar-refractivity contribution in [2.75, 3.05) is 0 Å². The maximum absolute atomic E-state index is 12.7. The van der Waals surface area contributed by atoms with E-state index >= 15 is 0 Å². The zero-order valence-corrected chi connectivity index (χ0v) is 12.3.